The molecule has 2 nitrogen and oxygen atoms in total. The van der Waals surface area contributed by atoms with Gasteiger partial charge in [0.25, 0.3) is 0 Å². The summed E-state index contributed by atoms with van der Waals surface area (Å²) < 4.78 is 0. The first-order valence-corrected chi connectivity index (χ1v) is 7.53. The SMILES string of the molecule is OCC1(C2(O)CCCCC2)CC2CCC1CC2. The lowest BCUT2D eigenvalue weighted by Crippen LogP contribution is -2.60. The van der Waals surface area contributed by atoms with E-state index in [0.717, 1.165) is 38.0 Å². The zero-order valence-corrected chi connectivity index (χ0v) is 10.8. The highest BCUT2D eigenvalue weighted by atomic mass is 16.3. The van der Waals surface area contributed by atoms with Crippen LogP contribution in [0.2, 0.25) is 0 Å². The van der Waals surface area contributed by atoms with E-state index in [1.54, 1.807) is 0 Å². The van der Waals surface area contributed by atoms with E-state index >= 15 is 0 Å². The minimum absolute atomic E-state index is 0.144. The number of rotatable bonds is 2. The predicted octanol–water partition coefficient (Wildman–Crippen LogP) is 2.87. The molecule has 0 aromatic rings. The fourth-order valence-corrected chi connectivity index (χ4v) is 5.15. The average Bonchev–Trinajstić information content (AvgIpc) is 2.40. The standard InChI is InChI=1S/C15H26O2/c16-11-14(15(17)8-2-1-3-9-15)10-12-4-6-13(14)7-5-12/h12-13,16-17H,1-11H2. The zero-order chi connectivity index (χ0) is 11.9. The molecule has 2 bridgehead atoms. The summed E-state index contributed by atoms with van der Waals surface area (Å²) in [5, 5.41) is 21.1. The summed E-state index contributed by atoms with van der Waals surface area (Å²) in [7, 11) is 0. The summed E-state index contributed by atoms with van der Waals surface area (Å²) in [6.45, 7) is 0.213. The van der Waals surface area contributed by atoms with Gasteiger partial charge < -0.3 is 10.2 Å². The summed E-state index contributed by atoms with van der Waals surface area (Å²) in [4.78, 5) is 0. The van der Waals surface area contributed by atoms with Crippen molar-refractivity contribution in [3.05, 3.63) is 0 Å². The molecule has 2 N–H and O–H groups in total. The Labute approximate surface area is 104 Å². The highest BCUT2D eigenvalue weighted by Gasteiger charge is 2.58. The number of fused-ring (bicyclic) bond motifs is 3. The van der Waals surface area contributed by atoms with E-state index in [1.165, 1.54) is 32.1 Å². The van der Waals surface area contributed by atoms with Gasteiger partial charge in [0.15, 0.2) is 0 Å². The number of hydrogen-bond donors (Lipinski definition) is 2. The molecule has 17 heavy (non-hydrogen) atoms. The van der Waals surface area contributed by atoms with Crippen molar-refractivity contribution in [3.63, 3.8) is 0 Å². The van der Waals surface area contributed by atoms with E-state index in [1.807, 2.05) is 0 Å². The van der Waals surface area contributed by atoms with Crippen LogP contribution < -0.4 is 0 Å². The van der Waals surface area contributed by atoms with Gasteiger partial charge in [0, 0.05) is 5.41 Å². The number of aliphatic hydroxyl groups is 2. The van der Waals surface area contributed by atoms with Gasteiger partial charge in [0.2, 0.25) is 0 Å². The second-order valence-corrected chi connectivity index (χ2v) is 6.83. The normalized spacial score (nSPS) is 44.8. The fourth-order valence-electron chi connectivity index (χ4n) is 5.15. The van der Waals surface area contributed by atoms with Gasteiger partial charge in [0.05, 0.1) is 12.2 Å². The second-order valence-electron chi connectivity index (χ2n) is 6.83. The van der Waals surface area contributed by atoms with Crippen LogP contribution in [0.1, 0.15) is 64.2 Å². The van der Waals surface area contributed by atoms with Crippen LogP contribution in [0.4, 0.5) is 0 Å². The Morgan fingerprint density at radius 2 is 1.59 bits per heavy atom. The Hall–Kier alpha value is -0.0800. The van der Waals surface area contributed by atoms with Crippen LogP contribution in [0, 0.1) is 17.3 Å². The van der Waals surface area contributed by atoms with Crippen molar-refractivity contribution in [3.8, 4) is 0 Å². The van der Waals surface area contributed by atoms with Crippen LogP contribution in [0.25, 0.3) is 0 Å². The van der Waals surface area contributed by atoms with Crippen molar-refractivity contribution in [2.45, 2.75) is 69.8 Å². The lowest BCUT2D eigenvalue weighted by Gasteiger charge is -2.59. The van der Waals surface area contributed by atoms with E-state index in [2.05, 4.69) is 0 Å². The van der Waals surface area contributed by atoms with E-state index in [9.17, 15) is 10.2 Å². The molecule has 4 rings (SSSR count). The molecular formula is C15H26O2. The molecule has 2 heteroatoms. The molecule has 98 valence electrons. The van der Waals surface area contributed by atoms with Crippen LogP contribution in [-0.4, -0.2) is 22.4 Å². The van der Waals surface area contributed by atoms with Crippen LogP contribution in [-0.2, 0) is 0 Å². The van der Waals surface area contributed by atoms with Crippen LogP contribution in [0.3, 0.4) is 0 Å². The van der Waals surface area contributed by atoms with Crippen molar-refractivity contribution in [1.82, 2.24) is 0 Å². The molecule has 0 aliphatic heterocycles. The smallest absolute Gasteiger partial charge is 0.0728 e. The number of hydrogen-bond acceptors (Lipinski definition) is 2. The largest absolute Gasteiger partial charge is 0.396 e. The fraction of sp³-hybridized carbons (Fsp3) is 1.00. The summed E-state index contributed by atoms with van der Waals surface area (Å²) in [5.41, 5.74) is -0.696. The maximum absolute atomic E-state index is 11.1. The van der Waals surface area contributed by atoms with Crippen molar-refractivity contribution in [2.75, 3.05) is 6.61 Å². The molecule has 0 saturated heterocycles. The summed E-state index contributed by atoms with van der Waals surface area (Å²) in [6.07, 6.45) is 11.7. The Morgan fingerprint density at radius 3 is 2.06 bits per heavy atom. The van der Waals surface area contributed by atoms with Crippen LogP contribution >= 0.6 is 0 Å². The molecule has 4 aliphatic rings. The van der Waals surface area contributed by atoms with Crippen molar-refractivity contribution < 1.29 is 10.2 Å². The summed E-state index contributed by atoms with van der Waals surface area (Å²) in [5.74, 6) is 1.36. The molecule has 1 unspecified atom stereocenters. The van der Waals surface area contributed by atoms with Gasteiger partial charge in [-0.05, 0) is 43.9 Å². The minimum atomic E-state index is -0.552. The van der Waals surface area contributed by atoms with Gasteiger partial charge >= 0.3 is 0 Å². The Morgan fingerprint density at radius 1 is 0.941 bits per heavy atom. The van der Waals surface area contributed by atoms with Gasteiger partial charge in [-0.15, -0.1) is 0 Å². The quantitative estimate of drug-likeness (QED) is 0.776. The third kappa shape index (κ3) is 1.67. The van der Waals surface area contributed by atoms with Gasteiger partial charge in [-0.1, -0.05) is 32.1 Å². The molecule has 0 amide bonds. The Balaban J connectivity index is 1.90. The van der Waals surface area contributed by atoms with E-state index in [0.29, 0.717) is 5.92 Å². The van der Waals surface area contributed by atoms with Gasteiger partial charge in [-0.2, -0.15) is 0 Å². The van der Waals surface area contributed by atoms with Crippen molar-refractivity contribution >= 4 is 0 Å². The molecule has 4 fully saturated rings. The monoisotopic (exact) mass is 238 g/mol. The summed E-state index contributed by atoms with van der Waals surface area (Å²) in [6, 6.07) is 0. The molecular weight excluding hydrogens is 212 g/mol. The summed E-state index contributed by atoms with van der Waals surface area (Å²) >= 11 is 0. The maximum Gasteiger partial charge on any atom is 0.0728 e. The van der Waals surface area contributed by atoms with Gasteiger partial charge in [-0.25, -0.2) is 0 Å². The Kier molecular flexibility index (Phi) is 2.99. The molecule has 0 heterocycles. The highest BCUT2D eigenvalue weighted by molar-refractivity contribution is 5.08. The first kappa shape index (κ1) is 12.0. The minimum Gasteiger partial charge on any atom is -0.396 e. The van der Waals surface area contributed by atoms with Crippen molar-refractivity contribution in [2.24, 2.45) is 17.3 Å². The second kappa shape index (κ2) is 4.24. The highest BCUT2D eigenvalue weighted by Crippen LogP contribution is 2.60. The number of aliphatic hydroxyl groups excluding tert-OH is 1. The lowest BCUT2D eigenvalue weighted by atomic mass is 9.48. The molecule has 1 atom stereocenters. The van der Waals surface area contributed by atoms with E-state index in [-0.39, 0.29) is 12.0 Å². The molecule has 0 spiro atoms. The first-order valence-electron chi connectivity index (χ1n) is 7.53. The third-order valence-electron chi connectivity index (χ3n) is 6.17. The Bertz CT molecular complexity index is 275. The van der Waals surface area contributed by atoms with Crippen LogP contribution in [0.5, 0.6) is 0 Å². The molecule has 0 aromatic heterocycles. The van der Waals surface area contributed by atoms with E-state index in [4.69, 9.17) is 0 Å². The third-order valence-corrected chi connectivity index (χ3v) is 6.17. The molecule has 0 radical (unpaired) electrons. The molecule has 4 saturated carbocycles. The average molecular weight is 238 g/mol. The lowest BCUT2D eigenvalue weighted by molar-refractivity contribution is -0.196. The van der Waals surface area contributed by atoms with Gasteiger partial charge in [0.1, 0.15) is 0 Å². The van der Waals surface area contributed by atoms with Gasteiger partial charge in [-0.3, -0.25) is 0 Å². The predicted molar refractivity (Wildman–Crippen MR) is 67.6 cm³/mol. The zero-order valence-electron chi connectivity index (χ0n) is 10.8. The van der Waals surface area contributed by atoms with Crippen LogP contribution in [0.15, 0.2) is 0 Å². The van der Waals surface area contributed by atoms with Crippen molar-refractivity contribution in [1.29, 1.82) is 0 Å². The first-order chi connectivity index (χ1) is 8.20. The molecule has 0 aromatic carbocycles. The van der Waals surface area contributed by atoms with E-state index < -0.39 is 5.60 Å². The topological polar surface area (TPSA) is 40.5 Å². The maximum atomic E-state index is 11.1. The molecule has 4 aliphatic carbocycles.